The van der Waals surface area contributed by atoms with E-state index in [4.69, 9.17) is 4.74 Å². The number of thiophene rings is 1. The first-order valence-electron chi connectivity index (χ1n) is 7.09. The van der Waals surface area contributed by atoms with Crippen LogP contribution in [0.5, 0.6) is 5.75 Å². The second-order valence-electron chi connectivity index (χ2n) is 5.15. The lowest BCUT2D eigenvalue weighted by molar-refractivity contribution is -0.118. The first-order chi connectivity index (χ1) is 10.9. The fourth-order valence-electron chi connectivity index (χ4n) is 2.13. The maximum absolute atomic E-state index is 12.1. The van der Waals surface area contributed by atoms with Gasteiger partial charge in [-0.2, -0.15) is 0 Å². The van der Waals surface area contributed by atoms with Crippen LogP contribution < -0.4 is 10.1 Å². The topological polar surface area (TPSA) is 64.6 Å². The summed E-state index contributed by atoms with van der Waals surface area (Å²) in [4.78, 5) is 24.0. The lowest BCUT2D eigenvalue weighted by Gasteiger charge is -2.14. The van der Waals surface area contributed by atoms with Gasteiger partial charge in [0.05, 0.1) is 12.8 Å². The molecule has 1 aromatic carbocycles. The Morgan fingerprint density at radius 3 is 2.52 bits per heavy atom. The van der Waals surface area contributed by atoms with E-state index in [1.165, 1.54) is 18.4 Å². The van der Waals surface area contributed by atoms with Crippen LogP contribution in [0.4, 0.5) is 5.69 Å². The Hall–Kier alpha value is -2.34. The molecule has 0 saturated heterocycles. The van der Waals surface area contributed by atoms with Crippen molar-refractivity contribution in [2.45, 2.75) is 20.8 Å². The Labute approximate surface area is 139 Å². The second kappa shape index (κ2) is 7.28. The highest BCUT2D eigenvalue weighted by Crippen LogP contribution is 2.26. The second-order valence-corrected chi connectivity index (χ2v) is 6.06. The highest BCUT2D eigenvalue weighted by molar-refractivity contribution is 7.12. The van der Waals surface area contributed by atoms with Gasteiger partial charge in [-0.05, 0) is 48.9 Å². The SMILES string of the molecule is COC(=O)c1sccc1NC(=O)COc1c(C)ccc(C)c1C. The third-order valence-electron chi connectivity index (χ3n) is 3.53. The van der Waals surface area contributed by atoms with Crippen LogP contribution in [0.25, 0.3) is 0 Å². The van der Waals surface area contributed by atoms with Gasteiger partial charge in [0.2, 0.25) is 0 Å². The Morgan fingerprint density at radius 2 is 1.83 bits per heavy atom. The molecule has 2 aromatic rings. The predicted octanol–water partition coefficient (Wildman–Crippen LogP) is 3.48. The van der Waals surface area contributed by atoms with Crippen molar-refractivity contribution in [3.8, 4) is 5.75 Å². The lowest BCUT2D eigenvalue weighted by Crippen LogP contribution is -2.21. The number of esters is 1. The molecule has 0 radical (unpaired) electrons. The fourth-order valence-corrected chi connectivity index (χ4v) is 2.90. The molecule has 0 aliphatic carbocycles. The minimum atomic E-state index is -0.471. The zero-order valence-electron chi connectivity index (χ0n) is 13.6. The molecule has 6 heteroatoms. The van der Waals surface area contributed by atoms with Crippen molar-refractivity contribution >= 4 is 28.9 Å². The molecule has 0 atom stereocenters. The summed E-state index contributed by atoms with van der Waals surface area (Å²) in [6, 6.07) is 5.65. The van der Waals surface area contributed by atoms with Gasteiger partial charge in [0.1, 0.15) is 10.6 Å². The number of ether oxygens (including phenoxy) is 2. The molecule has 2 rings (SSSR count). The normalized spacial score (nSPS) is 10.3. The van der Waals surface area contributed by atoms with E-state index in [1.807, 2.05) is 32.9 Å². The van der Waals surface area contributed by atoms with E-state index >= 15 is 0 Å². The monoisotopic (exact) mass is 333 g/mol. The zero-order valence-corrected chi connectivity index (χ0v) is 14.4. The quantitative estimate of drug-likeness (QED) is 0.851. The average Bonchev–Trinajstić information content (AvgIpc) is 2.98. The number of aryl methyl sites for hydroxylation is 2. The summed E-state index contributed by atoms with van der Waals surface area (Å²) >= 11 is 1.22. The van der Waals surface area contributed by atoms with Crippen LogP contribution in [0.15, 0.2) is 23.6 Å². The molecule has 0 bridgehead atoms. The van der Waals surface area contributed by atoms with Crippen LogP contribution in [0, 0.1) is 20.8 Å². The van der Waals surface area contributed by atoms with Gasteiger partial charge >= 0.3 is 5.97 Å². The van der Waals surface area contributed by atoms with Crippen LogP contribution in [0.1, 0.15) is 26.4 Å². The van der Waals surface area contributed by atoms with Gasteiger partial charge in [-0.3, -0.25) is 4.79 Å². The number of hydrogen-bond donors (Lipinski definition) is 1. The van der Waals surface area contributed by atoms with Gasteiger partial charge in [-0.25, -0.2) is 4.79 Å². The Morgan fingerprint density at radius 1 is 1.13 bits per heavy atom. The molecule has 0 aliphatic heterocycles. The van der Waals surface area contributed by atoms with Gasteiger partial charge < -0.3 is 14.8 Å². The standard InChI is InChI=1S/C17H19NO4S/c1-10-5-6-11(2)15(12(10)3)22-9-14(19)18-13-7-8-23-16(13)17(20)21-4/h5-8H,9H2,1-4H3,(H,18,19). The molecule has 1 N–H and O–H groups in total. The van der Waals surface area contributed by atoms with Crippen LogP contribution in [-0.4, -0.2) is 25.6 Å². The average molecular weight is 333 g/mol. The molecular formula is C17H19NO4S. The van der Waals surface area contributed by atoms with E-state index < -0.39 is 5.97 Å². The molecule has 1 amide bonds. The number of methoxy groups -OCH3 is 1. The lowest BCUT2D eigenvalue weighted by atomic mass is 10.1. The van der Waals surface area contributed by atoms with E-state index in [0.29, 0.717) is 10.6 Å². The van der Waals surface area contributed by atoms with Gasteiger partial charge in [0.15, 0.2) is 6.61 Å². The van der Waals surface area contributed by atoms with Crippen molar-refractivity contribution in [3.63, 3.8) is 0 Å². The minimum absolute atomic E-state index is 0.123. The molecule has 0 aliphatic rings. The third-order valence-corrected chi connectivity index (χ3v) is 4.43. The van der Waals surface area contributed by atoms with Gasteiger partial charge in [0, 0.05) is 0 Å². The summed E-state index contributed by atoms with van der Waals surface area (Å²) in [6.07, 6.45) is 0. The first kappa shape index (κ1) is 17.0. The van der Waals surface area contributed by atoms with Crippen LogP contribution >= 0.6 is 11.3 Å². The summed E-state index contributed by atoms with van der Waals surface area (Å²) < 4.78 is 10.3. The summed E-state index contributed by atoms with van der Waals surface area (Å²) in [5, 5.41) is 4.40. The van der Waals surface area contributed by atoms with Crippen LogP contribution in [-0.2, 0) is 9.53 Å². The summed E-state index contributed by atoms with van der Waals surface area (Å²) in [7, 11) is 1.31. The highest BCUT2D eigenvalue weighted by atomic mass is 32.1. The number of nitrogens with one attached hydrogen (secondary N) is 1. The molecule has 0 unspecified atom stereocenters. The number of amides is 1. The van der Waals surface area contributed by atoms with Crippen molar-refractivity contribution in [3.05, 3.63) is 45.1 Å². The van der Waals surface area contributed by atoms with Crippen molar-refractivity contribution < 1.29 is 19.1 Å². The fraction of sp³-hybridized carbons (Fsp3) is 0.294. The molecule has 1 aromatic heterocycles. The smallest absolute Gasteiger partial charge is 0.350 e. The van der Waals surface area contributed by atoms with Crippen molar-refractivity contribution in [1.29, 1.82) is 0 Å². The predicted molar refractivity (Wildman–Crippen MR) is 90.4 cm³/mol. The number of hydrogen-bond acceptors (Lipinski definition) is 5. The van der Waals surface area contributed by atoms with Gasteiger partial charge in [0.25, 0.3) is 5.91 Å². The van der Waals surface area contributed by atoms with Crippen molar-refractivity contribution in [2.24, 2.45) is 0 Å². The molecule has 0 saturated carbocycles. The van der Waals surface area contributed by atoms with E-state index in [-0.39, 0.29) is 12.5 Å². The Balaban J connectivity index is 2.03. The van der Waals surface area contributed by atoms with Gasteiger partial charge in [-0.15, -0.1) is 11.3 Å². The highest BCUT2D eigenvalue weighted by Gasteiger charge is 2.16. The molecule has 0 spiro atoms. The first-order valence-corrected chi connectivity index (χ1v) is 7.97. The number of benzene rings is 1. The molecule has 5 nitrogen and oxygen atoms in total. The van der Waals surface area contributed by atoms with E-state index in [9.17, 15) is 9.59 Å². The summed E-state index contributed by atoms with van der Waals surface area (Å²) in [5.74, 6) is -0.0749. The number of carbonyl (C=O) groups excluding carboxylic acids is 2. The Kier molecular flexibility index (Phi) is 5.39. The van der Waals surface area contributed by atoms with Crippen LogP contribution in [0.3, 0.4) is 0 Å². The molecule has 1 heterocycles. The summed E-state index contributed by atoms with van der Waals surface area (Å²) in [6.45, 7) is 5.77. The Bertz CT molecular complexity index is 736. The number of anilines is 1. The molecular weight excluding hydrogens is 314 g/mol. The van der Waals surface area contributed by atoms with Crippen LogP contribution in [0.2, 0.25) is 0 Å². The maximum atomic E-state index is 12.1. The largest absolute Gasteiger partial charge is 0.483 e. The zero-order chi connectivity index (χ0) is 17.0. The number of carbonyl (C=O) groups is 2. The third kappa shape index (κ3) is 3.90. The van der Waals surface area contributed by atoms with Crippen molar-refractivity contribution in [1.82, 2.24) is 0 Å². The summed E-state index contributed by atoms with van der Waals surface area (Å²) in [5.41, 5.74) is 3.54. The molecule has 23 heavy (non-hydrogen) atoms. The van der Waals surface area contributed by atoms with Crippen molar-refractivity contribution in [2.75, 3.05) is 19.0 Å². The molecule has 122 valence electrons. The van der Waals surface area contributed by atoms with E-state index in [1.54, 1.807) is 11.4 Å². The van der Waals surface area contributed by atoms with E-state index in [2.05, 4.69) is 10.1 Å². The van der Waals surface area contributed by atoms with Gasteiger partial charge in [-0.1, -0.05) is 12.1 Å². The molecule has 0 fully saturated rings. The minimum Gasteiger partial charge on any atom is -0.483 e. The number of rotatable bonds is 5. The van der Waals surface area contributed by atoms with E-state index in [0.717, 1.165) is 22.4 Å². The maximum Gasteiger partial charge on any atom is 0.350 e.